The van der Waals surface area contributed by atoms with E-state index in [1.165, 1.54) is 4.31 Å². The maximum Gasteiger partial charge on any atom is 0.217 e. The van der Waals surface area contributed by atoms with E-state index in [-0.39, 0.29) is 24.4 Å². The zero-order valence-corrected chi connectivity index (χ0v) is 9.04. The smallest absolute Gasteiger partial charge is 0.217 e. The standard InChI is InChI=1S/C9H17NO3S/c11-7-6-10(8-2-1-3-8)14(12,13)9-4-5-9/h8-9,11H,1-7H2. The van der Waals surface area contributed by atoms with Gasteiger partial charge >= 0.3 is 0 Å². The van der Waals surface area contributed by atoms with Crippen molar-refractivity contribution in [3.8, 4) is 0 Å². The fourth-order valence-corrected chi connectivity index (χ4v) is 3.93. The molecule has 2 rings (SSSR count). The minimum absolute atomic E-state index is 0.0670. The molecule has 2 saturated carbocycles. The average molecular weight is 219 g/mol. The molecule has 4 nitrogen and oxygen atoms in total. The Morgan fingerprint density at radius 2 is 1.86 bits per heavy atom. The molecule has 0 aromatic heterocycles. The van der Waals surface area contributed by atoms with Gasteiger partial charge < -0.3 is 5.11 Å². The molecule has 0 bridgehead atoms. The molecule has 2 fully saturated rings. The third kappa shape index (κ3) is 1.81. The van der Waals surface area contributed by atoms with E-state index in [0.29, 0.717) is 0 Å². The number of nitrogens with zero attached hydrogens (tertiary/aromatic N) is 1. The van der Waals surface area contributed by atoms with Gasteiger partial charge in [-0.2, -0.15) is 4.31 Å². The highest BCUT2D eigenvalue weighted by molar-refractivity contribution is 7.90. The molecular weight excluding hydrogens is 202 g/mol. The van der Waals surface area contributed by atoms with Crippen molar-refractivity contribution in [2.75, 3.05) is 13.2 Å². The monoisotopic (exact) mass is 219 g/mol. The summed E-state index contributed by atoms with van der Waals surface area (Å²) in [6.07, 6.45) is 4.65. The summed E-state index contributed by atoms with van der Waals surface area (Å²) in [6.45, 7) is 0.214. The van der Waals surface area contributed by atoms with Gasteiger partial charge in [0.05, 0.1) is 11.9 Å². The fourth-order valence-electron chi connectivity index (χ4n) is 1.85. The highest BCUT2D eigenvalue weighted by Crippen LogP contribution is 2.35. The van der Waals surface area contributed by atoms with Gasteiger partial charge in [0, 0.05) is 12.6 Å². The van der Waals surface area contributed by atoms with Crippen LogP contribution in [-0.2, 0) is 10.0 Å². The number of sulfonamides is 1. The van der Waals surface area contributed by atoms with Crippen LogP contribution in [-0.4, -0.2) is 42.3 Å². The van der Waals surface area contributed by atoms with E-state index in [1.807, 2.05) is 0 Å². The minimum Gasteiger partial charge on any atom is -0.395 e. The van der Waals surface area contributed by atoms with Gasteiger partial charge in [-0.15, -0.1) is 0 Å². The summed E-state index contributed by atoms with van der Waals surface area (Å²) in [6, 6.07) is 0.174. The molecule has 0 saturated heterocycles. The molecule has 0 heterocycles. The van der Waals surface area contributed by atoms with Crippen LogP contribution >= 0.6 is 0 Å². The van der Waals surface area contributed by atoms with Gasteiger partial charge in [-0.25, -0.2) is 8.42 Å². The van der Waals surface area contributed by atoms with E-state index in [4.69, 9.17) is 5.11 Å². The van der Waals surface area contributed by atoms with Crippen LogP contribution in [0.1, 0.15) is 32.1 Å². The van der Waals surface area contributed by atoms with Crippen molar-refractivity contribution >= 4 is 10.0 Å². The van der Waals surface area contributed by atoms with Crippen molar-refractivity contribution in [3.63, 3.8) is 0 Å². The van der Waals surface area contributed by atoms with E-state index in [9.17, 15) is 8.42 Å². The Morgan fingerprint density at radius 1 is 1.21 bits per heavy atom. The number of aliphatic hydroxyl groups is 1. The van der Waals surface area contributed by atoms with Crippen LogP contribution in [0.3, 0.4) is 0 Å². The number of rotatable bonds is 5. The molecule has 0 radical (unpaired) electrons. The molecule has 0 aliphatic heterocycles. The van der Waals surface area contributed by atoms with Crippen molar-refractivity contribution < 1.29 is 13.5 Å². The van der Waals surface area contributed by atoms with E-state index in [2.05, 4.69) is 0 Å². The molecule has 0 unspecified atom stereocenters. The molecule has 5 heteroatoms. The predicted molar refractivity (Wildman–Crippen MR) is 53.4 cm³/mol. The van der Waals surface area contributed by atoms with Crippen LogP contribution in [0.2, 0.25) is 0 Å². The maximum absolute atomic E-state index is 11.9. The second-order valence-electron chi connectivity index (χ2n) is 4.16. The summed E-state index contributed by atoms with van der Waals surface area (Å²) in [5.41, 5.74) is 0. The lowest BCUT2D eigenvalue weighted by atomic mass is 9.93. The summed E-state index contributed by atoms with van der Waals surface area (Å²) in [5, 5.41) is 8.72. The highest BCUT2D eigenvalue weighted by Gasteiger charge is 2.43. The molecule has 14 heavy (non-hydrogen) atoms. The van der Waals surface area contributed by atoms with Gasteiger partial charge in [-0.05, 0) is 25.7 Å². The number of aliphatic hydroxyl groups excluding tert-OH is 1. The molecule has 2 aliphatic rings. The molecule has 82 valence electrons. The van der Waals surface area contributed by atoms with Crippen LogP contribution < -0.4 is 0 Å². The zero-order chi connectivity index (χ0) is 10.2. The molecule has 0 aromatic rings. The van der Waals surface area contributed by atoms with Crippen LogP contribution in [0.5, 0.6) is 0 Å². The van der Waals surface area contributed by atoms with Crippen molar-refractivity contribution in [1.82, 2.24) is 4.31 Å². The summed E-state index contributed by atoms with van der Waals surface area (Å²) < 4.78 is 25.4. The van der Waals surface area contributed by atoms with Crippen molar-refractivity contribution in [2.24, 2.45) is 0 Å². The lowest BCUT2D eigenvalue weighted by Gasteiger charge is -2.36. The normalized spacial score (nSPS) is 23.9. The summed E-state index contributed by atoms with van der Waals surface area (Å²) in [4.78, 5) is 0. The Labute approximate surface area is 85.0 Å². The summed E-state index contributed by atoms with van der Waals surface area (Å²) >= 11 is 0. The van der Waals surface area contributed by atoms with Gasteiger partial charge in [0.25, 0.3) is 0 Å². The Hall–Kier alpha value is -0.130. The Balaban J connectivity index is 2.07. The molecule has 2 aliphatic carbocycles. The first-order valence-electron chi connectivity index (χ1n) is 5.28. The van der Waals surface area contributed by atoms with Gasteiger partial charge in [0.1, 0.15) is 0 Å². The van der Waals surface area contributed by atoms with Gasteiger partial charge in [-0.3, -0.25) is 0 Å². The average Bonchev–Trinajstić information content (AvgIpc) is 2.82. The first kappa shape index (κ1) is 10.4. The van der Waals surface area contributed by atoms with Gasteiger partial charge in [-0.1, -0.05) is 6.42 Å². The van der Waals surface area contributed by atoms with Crippen LogP contribution in [0, 0.1) is 0 Å². The van der Waals surface area contributed by atoms with Gasteiger partial charge in [0.2, 0.25) is 10.0 Å². The molecule has 0 atom stereocenters. The van der Waals surface area contributed by atoms with Crippen LogP contribution in [0.15, 0.2) is 0 Å². The first-order chi connectivity index (χ1) is 6.66. The van der Waals surface area contributed by atoms with Crippen LogP contribution in [0.25, 0.3) is 0 Å². The second kappa shape index (κ2) is 3.79. The summed E-state index contributed by atoms with van der Waals surface area (Å²) in [5.74, 6) is 0. The molecule has 0 spiro atoms. The number of hydrogen-bond donors (Lipinski definition) is 1. The van der Waals surface area contributed by atoms with Gasteiger partial charge in [0.15, 0.2) is 0 Å². The van der Waals surface area contributed by atoms with E-state index in [0.717, 1.165) is 32.1 Å². The highest BCUT2D eigenvalue weighted by atomic mass is 32.2. The zero-order valence-electron chi connectivity index (χ0n) is 8.22. The minimum atomic E-state index is -3.08. The van der Waals surface area contributed by atoms with Crippen LogP contribution in [0.4, 0.5) is 0 Å². The first-order valence-corrected chi connectivity index (χ1v) is 6.78. The maximum atomic E-state index is 11.9. The fraction of sp³-hybridized carbons (Fsp3) is 1.00. The Morgan fingerprint density at radius 3 is 2.21 bits per heavy atom. The largest absolute Gasteiger partial charge is 0.395 e. The molecule has 0 aromatic carbocycles. The second-order valence-corrected chi connectivity index (χ2v) is 6.33. The third-order valence-electron chi connectivity index (χ3n) is 3.07. The third-order valence-corrected chi connectivity index (χ3v) is 5.52. The van der Waals surface area contributed by atoms with E-state index < -0.39 is 10.0 Å². The van der Waals surface area contributed by atoms with E-state index >= 15 is 0 Å². The topological polar surface area (TPSA) is 57.6 Å². The Kier molecular flexibility index (Phi) is 2.81. The molecule has 0 amide bonds. The predicted octanol–water partition coefficient (Wildman–Crippen LogP) is 0.325. The Bertz CT molecular complexity index is 293. The lowest BCUT2D eigenvalue weighted by molar-refractivity contribution is 0.178. The van der Waals surface area contributed by atoms with Crippen molar-refractivity contribution in [2.45, 2.75) is 43.4 Å². The lowest BCUT2D eigenvalue weighted by Crippen LogP contribution is -2.46. The molecular formula is C9H17NO3S. The summed E-state index contributed by atoms with van der Waals surface area (Å²) in [7, 11) is -3.08. The number of hydrogen-bond acceptors (Lipinski definition) is 3. The quantitative estimate of drug-likeness (QED) is 0.724. The van der Waals surface area contributed by atoms with Crippen molar-refractivity contribution in [3.05, 3.63) is 0 Å². The van der Waals surface area contributed by atoms with Crippen molar-refractivity contribution in [1.29, 1.82) is 0 Å². The molecule has 1 N–H and O–H groups in total. The van der Waals surface area contributed by atoms with E-state index in [1.54, 1.807) is 0 Å². The SMILES string of the molecule is O=S(=O)(C1CC1)N(CCO)C1CCC1.